The SMILES string of the molecule is C1CCNCC1.Clc1ccccc1Br.Clc1ccccc1N1CCCCC1. The number of nitrogens with zero attached hydrogens (tertiary/aromatic N) is 1. The van der Waals surface area contributed by atoms with E-state index in [2.05, 4.69) is 38.3 Å². The standard InChI is InChI=1S/C11H14ClN.C6H4BrCl.C5H11N/c12-10-6-2-3-7-11(10)13-8-4-1-5-9-13;7-5-3-1-2-4-6(5)8;1-2-4-6-5-3-1/h2-3,6-7H,1,4-5,8-9H2;1-4H;6H,1-5H2. The van der Waals surface area contributed by atoms with E-state index in [-0.39, 0.29) is 0 Å². The van der Waals surface area contributed by atoms with Crippen molar-refractivity contribution < 1.29 is 0 Å². The van der Waals surface area contributed by atoms with Gasteiger partial charge in [-0.3, -0.25) is 0 Å². The van der Waals surface area contributed by atoms with Gasteiger partial charge in [0.15, 0.2) is 0 Å². The first-order valence-electron chi connectivity index (χ1n) is 9.78. The predicted molar refractivity (Wildman–Crippen MR) is 123 cm³/mol. The average molecular weight is 472 g/mol. The molecule has 4 rings (SSSR count). The molecule has 0 spiro atoms. The molecule has 2 aliphatic heterocycles. The zero-order valence-corrected chi connectivity index (χ0v) is 18.9. The quantitative estimate of drug-likeness (QED) is 0.473. The molecule has 0 atom stereocenters. The molecule has 2 aliphatic rings. The third kappa shape index (κ3) is 8.87. The second-order valence-electron chi connectivity index (χ2n) is 6.72. The highest BCUT2D eigenvalue weighted by molar-refractivity contribution is 9.10. The second kappa shape index (κ2) is 13.4. The smallest absolute Gasteiger partial charge is 0.0639 e. The van der Waals surface area contributed by atoms with E-state index < -0.39 is 0 Å². The summed E-state index contributed by atoms with van der Waals surface area (Å²) < 4.78 is 0.946. The number of anilines is 1. The summed E-state index contributed by atoms with van der Waals surface area (Å²) in [5, 5.41) is 4.92. The number of rotatable bonds is 1. The van der Waals surface area contributed by atoms with Gasteiger partial charge in [0.05, 0.1) is 15.7 Å². The van der Waals surface area contributed by atoms with Gasteiger partial charge in [-0.15, -0.1) is 0 Å². The second-order valence-corrected chi connectivity index (χ2v) is 8.39. The molecule has 0 radical (unpaired) electrons. The van der Waals surface area contributed by atoms with E-state index >= 15 is 0 Å². The Kier molecular flexibility index (Phi) is 11.2. The van der Waals surface area contributed by atoms with Crippen molar-refractivity contribution in [1.82, 2.24) is 5.32 Å². The van der Waals surface area contributed by atoms with E-state index in [4.69, 9.17) is 23.2 Å². The fourth-order valence-corrected chi connectivity index (χ4v) is 3.76. The number of hydrogen-bond donors (Lipinski definition) is 1. The predicted octanol–water partition coefficient (Wildman–Crippen LogP) is 7.19. The van der Waals surface area contributed by atoms with E-state index in [0.29, 0.717) is 0 Å². The van der Waals surface area contributed by atoms with Crippen LogP contribution in [0.4, 0.5) is 5.69 Å². The van der Waals surface area contributed by atoms with Crippen LogP contribution in [0.25, 0.3) is 0 Å². The molecule has 2 fully saturated rings. The minimum Gasteiger partial charge on any atom is -0.370 e. The molecule has 0 aromatic heterocycles. The lowest BCUT2D eigenvalue weighted by Gasteiger charge is -2.29. The van der Waals surface area contributed by atoms with Crippen molar-refractivity contribution in [3.63, 3.8) is 0 Å². The van der Waals surface area contributed by atoms with Gasteiger partial charge in [0.25, 0.3) is 0 Å². The Balaban J connectivity index is 0.000000159. The maximum atomic E-state index is 6.12. The van der Waals surface area contributed by atoms with Crippen LogP contribution < -0.4 is 10.2 Å². The van der Waals surface area contributed by atoms with E-state index in [1.807, 2.05) is 36.4 Å². The third-order valence-corrected chi connectivity index (χ3v) is 6.15. The average Bonchev–Trinajstić information content (AvgIpc) is 2.73. The minimum absolute atomic E-state index is 0.757. The Labute approximate surface area is 182 Å². The molecule has 1 N–H and O–H groups in total. The zero-order chi connectivity index (χ0) is 19.3. The first kappa shape index (κ1) is 22.5. The number of benzene rings is 2. The van der Waals surface area contributed by atoms with Crippen LogP contribution in [0.1, 0.15) is 38.5 Å². The fraction of sp³-hybridized carbons (Fsp3) is 0.455. The third-order valence-electron chi connectivity index (χ3n) is 4.58. The van der Waals surface area contributed by atoms with Crippen molar-refractivity contribution in [2.24, 2.45) is 0 Å². The number of halogens is 3. The summed E-state index contributed by atoms with van der Waals surface area (Å²) in [6.07, 6.45) is 8.17. The van der Waals surface area contributed by atoms with Crippen LogP contribution in [0.2, 0.25) is 10.0 Å². The van der Waals surface area contributed by atoms with Crippen molar-refractivity contribution in [1.29, 1.82) is 0 Å². The summed E-state index contributed by atoms with van der Waals surface area (Å²) in [5.74, 6) is 0. The van der Waals surface area contributed by atoms with Gasteiger partial charge in [-0.1, -0.05) is 53.9 Å². The Morgan fingerprint density at radius 1 is 0.704 bits per heavy atom. The van der Waals surface area contributed by atoms with Gasteiger partial charge in [-0.05, 0) is 85.4 Å². The number of hydrogen-bond acceptors (Lipinski definition) is 2. The van der Waals surface area contributed by atoms with Gasteiger partial charge in [0.1, 0.15) is 0 Å². The first-order chi connectivity index (χ1) is 13.2. The van der Waals surface area contributed by atoms with Crippen LogP contribution in [-0.2, 0) is 0 Å². The van der Waals surface area contributed by atoms with E-state index in [1.165, 1.54) is 57.3 Å². The molecule has 2 nitrogen and oxygen atoms in total. The molecule has 2 heterocycles. The number of para-hydroxylation sites is 1. The van der Waals surface area contributed by atoms with Crippen molar-refractivity contribution >= 4 is 44.8 Å². The van der Waals surface area contributed by atoms with Gasteiger partial charge in [-0.25, -0.2) is 0 Å². The molecule has 2 aromatic rings. The summed E-state index contributed by atoms with van der Waals surface area (Å²) in [6.45, 7) is 4.81. The van der Waals surface area contributed by atoms with Gasteiger partial charge < -0.3 is 10.2 Å². The van der Waals surface area contributed by atoms with Gasteiger partial charge in [0.2, 0.25) is 0 Å². The normalized spacial score (nSPS) is 16.5. The lowest BCUT2D eigenvalue weighted by Crippen LogP contribution is -2.29. The molecule has 0 saturated carbocycles. The van der Waals surface area contributed by atoms with E-state index in [1.54, 1.807) is 0 Å². The lowest BCUT2D eigenvalue weighted by atomic mass is 10.1. The monoisotopic (exact) mass is 470 g/mol. The topological polar surface area (TPSA) is 15.3 Å². The molecule has 0 bridgehead atoms. The number of piperidine rings is 2. The molecule has 2 saturated heterocycles. The largest absolute Gasteiger partial charge is 0.370 e. The van der Waals surface area contributed by atoms with Crippen LogP contribution in [0.15, 0.2) is 53.0 Å². The molecule has 2 aromatic carbocycles. The molecular formula is C22H29BrCl2N2. The van der Waals surface area contributed by atoms with Crippen LogP contribution in [0, 0.1) is 0 Å². The van der Waals surface area contributed by atoms with Gasteiger partial charge in [-0.2, -0.15) is 0 Å². The summed E-state index contributed by atoms with van der Waals surface area (Å²) in [5.41, 5.74) is 1.20. The van der Waals surface area contributed by atoms with Crippen molar-refractivity contribution in [3.8, 4) is 0 Å². The van der Waals surface area contributed by atoms with Crippen molar-refractivity contribution in [2.45, 2.75) is 38.5 Å². The highest BCUT2D eigenvalue weighted by Gasteiger charge is 2.12. The summed E-state index contributed by atoms with van der Waals surface area (Å²) in [6, 6.07) is 15.7. The van der Waals surface area contributed by atoms with E-state index in [0.717, 1.165) is 27.6 Å². The van der Waals surface area contributed by atoms with Crippen molar-refractivity contribution in [3.05, 3.63) is 63.0 Å². The molecule has 5 heteroatoms. The Hall–Kier alpha value is -0.740. The Morgan fingerprint density at radius 3 is 1.70 bits per heavy atom. The summed E-state index contributed by atoms with van der Waals surface area (Å²) in [7, 11) is 0. The number of nitrogens with one attached hydrogen (secondary N) is 1. The van der Waals surface area contributed by atoms with Gasteiger partial charge in [0, 0.05) is 17.6 Å². The summed E-state index contributed by atoms with van der Waals surface area (Å²) in [4.78, 5) is 2.38. The molecule has 0 amide bonds. The van der Waals surface area contributed by atoms with Gasteiger partial charge >= 0.3 is 0 Å². The van der Waals surface area contributed by atoms with Crippen LogP contribution in [0.3, 0.4) is 0 Å². The van der Waals surface area contributed by atoms with Crippen LogP contribution >= 0.6 is 39.1 Å². The first-order valence-corrected chi connectivity index (χ1v) is 11.3. The highest BCUT2D eigenvalue weighted by Crippen LogP contribution is 2.27. The maximum Gasteiger partial charge on any atom is 0.0639 e. The van der Waals surface area contributed by atoms with Crippen LogP contribution in [-0.4, -0.2) is 26.2 Å². The summed E-state index contributed by atoms with van der Waals surface area (Å²) >= 11 is 15.0. The molecule has 0 unspecified atom stereocenters. The maximum absolute atomic E-state index is 6.12. The lowest BCUT2D eigenvalue weighted by molar-refractivity contribution is 0.520. The Bertz CT molecular complexity index is 624. The molecule has 27 heavy (non-hydrogen) atoms. The minimum atomic E-state index is 0.757. The molecule has 0 aliphatic carbocycles. The zero-order valence-electron chi connectivity index (χ0n) is 15.8. The fourth-order valence-electron chi connectivity index (χ4n) is 3.08. The highest BCUT2D eigenvalue weighted by atomic mass is 79.9. The molecular weight excluding hydrogens is 443 g/mol. The molecule has 148 valence electrons. The van der Waals surface area contributed by atoms with Crippen molar-refractivity contribution in [2.75, 3.05) is 31.1 Å². The van der Waals surface area contributed by atoms with Crippen LogP contribution in [0.5, 0.6) is 0 Å². The Morgan fingerprint density at radius 2 is 1.26 bits per heavy atom. The van der Waals surface area contributed by atoms with E-state index in [9.17, 15) is 0 Å².